The third-order valence-corrected chi connectivity index (χ3v) is 5.36. The van der Waals surface area contributed by atoms with Gasteiger partial charge in [-0.25, -0.2) is 4.79 Å². The van der Waals surface area contributed by atoms with Gasteiger partial charge in [0.05, 0.1) is 21.8 Å². The average Bonchev–Trinajstić information content (AvgIpc) is 3.04. The maximum absolute atomic E-state index is 13.2. The van der Waals surface area contributed by atoms with Crippen molar-refractivity contribution in [1.29, 1.82) is 5.26 Å². The first-order valence-electron chi connectivity index (χ1n) is 9.75. The molecule has 1 heterocycles. The van der Waals surface area contributed by atoms with E-state index in [1.165, 1.54) is 34.9 Å². The molecule has 1 amide bonds. The van der Waals surface area contributed by atoms with E-state index in [-0.39, 0.29) is 27.5 Å². The smallest absolute Gasteiger partial charge is 0.416 e. The highest BCUT2D eigenvalue weighted by Gasteiger charge is 2.31. The summed E-state index contributed by atoms with van der Waals surface area (Å²) in [7, 11) is 0. The summed E-state index contributed by atoms with van der Waals surface area (Å²) in [6, 6.07) is 11.8. The summed E-state index contributed by atoms with van der Waals surface area (Å²) in [4.78, 5) is 23.5. The minimum Gasteiger partial charge on any atom is -0.478 e. The number of hydrogen-bond donors (Lipinski definition) is 2. The Labute approximate surface area is 197 Å². The van der Waals surface area contributed by atoms with E-state index >= 15 is 0 Å². The van der Waals surface area contributed by atoms with Gasteiger partial charge in [-0.2, -0.15) is 18.4 Å². The van der Waals surface area contributed by atoms with Crippen molar-refractivity contribution in [3.8, 4) is 11.8 Å². The lowest BCUT2D eigenvalue weighted by Gasteiger charge is -2.15. The topological polar surface area (TPSA) is 95.1 Å². The van der Waals surface area contributed by atoms with E-state index in [0.717, 1.165) is 18.2 Å². The molecule has 3 rings (SSSR count). The van der Waals surface area contributed by atoms with Crippen molar-refractivity contribution in [1.82, 2.24) is 4.57 Å². The predicted molar refractivity (Wildman–Crippen MR) is 121 cm³/mol. The third-order valence-electron chi connectivity index (χ3n) is 5.04. The number of carboxylic acid groups (broad SMARTS) is 1. The van der Waals surface area contributed by atoms with Crippen molar-refractivity contribution >= 4 is 35.2 Å². The SMILES string of the molecule is Cc1cc(C=C(C#N)C(=O)Nc2ccc(C(=O)O)cc2)c(C)n1-c1cc(C(F)(F)F)ccc1Cl. The highest BCUT2D eigenvalue weighted by atomic mass is 35.5. The van der Waals surface area contributed by atoms with Gasteiger partial charge >= 0.3 is 12.1 Å². The summed E-state index contributed by atoms with van der Waals surface area (Å²) >= 11 is 6.18. The molecule has 0 saturated carbocycles. The molecule has 2 aromatic carbocycles. The van der Waals surface area contributed by atoms with Gasteiger partial charge < -0.3 is 15.0 Å². The molecule has 0 radical (unpaired) electrons. The van der Waals surface area contributed by atoms with E-state index in [9.17, 15) is 28.0 Å². The molecule has 1 aromatic heterocycles. The molecule has 0 atom stereocenters. The van der Waals surface area contributed by atoms with Gasteiger partial charge in [0.15, 0.2) is 0 Å². The van der Waals surface area contributed by atoms with Crippen molar-refractivity contribution in [2.75, 3.05) is 5.32 Å². The Hall–Kier alpha value is -4.03. The molecular formula is C24H17ClF3N3O3. The second kappa shape index (κ2) is 9.45. The van der Waals surface area contributed by atoms with Gasteiger partial charge in [0.1, 0.15) is 11.6 Å². The zero-order chi connectivity index (χ0) is 25.2. The van der Waals surface area contributed by atoms with Crippen molar-refractivity contribution in [3.05, 3.63) is 87.2 Å². The molecule has 10 heteroatoms. The number of anilines is 1. The molecule has 0 bridgehead atoms. The first-order valence-corrected chi connectivity index (χ1v) is 10.1. The Morgan fingerprint density at radius 1 is 1.12 bits per heavy atom. The number of halogens is 4. The number of nitriles is 1. The monoisotopic (exact) mass is 487 g/mol. The Kier molecular flexibility index (Phi) is 6.84. The molecule has 34 heavy (non-hydrogen) atoms. The summed E-state index contributed by atoms with van der Waals surface area (Å²) in [6.07, 6.45) is -3.23. The minimum atomic E-state index is -4.55. The molecule has 0 saturated heterocycles. The molecular weight excluding hydrogens is 471 g/mol. The number of aromatic nitrogens is 1. The summed E-state index contributed by atoms with van der Waals surface area (Å²) in [5.74, 6) is -1.85. The molecule has 3 aromatic rings. The molecule has 0 unspecified atom stereocenters. The van der Waals surface area contributed by atoms with Crippen molar-refractivity contribution in [3.63, 3.8) is 0 Å². The van der Waals surface area contributed by atoms with Crippen LogP contribution in [0.5, 0.6) is 0 Å². The molecule has 0 aliphatic heterocycles. The van der Waals surface area contributed by atoms with E-state index in [1.54, 1.807) is 19.9 Å². The lowest BCUT2D eigenvalue weighted by molar-refractivity contribution is -0.137. The van der Waals surface area contributed by atoms with Crippen molar-refractivity contribution in [2.45, 2.75) is 20.0 Å². The number of aromatic carboxylic acids is 1. The van der Waals surface area contributed by atoms with Crippen LogP contribution >= 0.6 is 11.6 Å². The van der Waals surface area contributed by atoms with Crippen LogP contribution < -0.4 is 5.32 Å². The first-order chi connectivity index (χ1) is 15.9. The van der Waals surface area contributed by atoms with Crippen molar-refractivity contribution < 1.29 is 27.9 Å². The number of carbonyl (C=O) groups excluding carboxylic acids is 1. The molecule has 6 nitrogen and oxygen atoms in total. The molecule has 174 valence electrons. The van der Waals surface area contributed by atoms with Gasteiger partial charge in [0.25, 0.3) is 5.91 Å². The Balaban J connectivity index is 1.96. The number of carbonyl (C=O) groups is 2. The molecule has 2 N–H and O–H groups in total. The zero-order valence-corrected chi connectivity index (χ0v) is 18.6. The summed E-state index contributed by atoms with van der Waals surface area (Å²) in [5.41, 5.74) is 0.802. The summed E-state index contributed by atoms with van der Waals surface area (Å²) < 4.78 is 41.1. The van der Waals surface area contributed by atoms with E-state index in [2.05, 4.69) is 5.32 Å². The molecule has 0 spiro atoms. The fourth-order valence-electron chi connectivity index (χ4n) is 3.36. The number of nitrogens with zero attached hydrogens (tertiary/aromatic N) is 2. The quantitative estimate of drug-likeness (QED) is 0.340. The summed E-state index contributed by atoms with van der Waals surface area (Å²) in [5, 5.41) is 21.1. The van der Waals surface area contributed by atoms with Crippen LogP contribution in [0.1, 0.15) is 32.9 Å². The fourth-order valence-corrected chi connectivity index (χ4v) is 3.57. The number of benzene rings is 2. The van der Waals surface area contributed by atoms with Crippen LogP contribution in [0.15, 0.2) is 54.1 Å². The third kappa shape index (κ3) is 5.13. The second-order valence-electron chi connectivity index (χ2n) is 7.33. The van der Waals surface area contributed by atoms with E-state index in [0.29, 0.717) is 17.0 Å². The Bertz CT molecular complexity index is 1350. The van der Waals surface area contributed by atoms with Crippen LogP contribution in [0.4, 0.5) is 18.9 Å². The maximum atomic E-state index is 13.2. The van der Waals surface area contributed by atoms with Crippen LogP contribution in [0.25, 0.3) is 11.8 Å². The highest BCUT2D eigenvalue weighted by Crippen LogP contribution is 2.35. The fraction of sp³-hybridized carbons (Fsp3) is 0.125. The normalized spacial score (nSPS) is 11.7. The summed E-state index contributed by atoms with van der Waals surface area (Å²) in [6.45, 7) is 3.30. The number of hydrogen-bond acceptors (Lipinski definition) is 3. The number of aryl methyl sites for hydroxylation is 1. The lowest BCUT2D eigenvalue weighted by atomic mass is 10.1. The van der Waals surface area contributed by atoms with Gasteiger partial charge in [-0.3, -0.25) is 4.79 Å². The van der Waals surface area contributed by atoms with E-state index in [4.69, 9.17) is 16.7 Å². The number of rotatable bonds is 5. The van der Waals surface area contributed by atoms with Gasteiger partial charge in [0.2, 0.25) is 0 Å². The molecule has 0 aliphatic rings. The molecule has 0 aliphatic carbocycles. The lowest BCUT2D eigenvalue weighted by Crippen LogP contribution is -2.13. The van der Waals surface area contributed by atoms with E-state index in [1.807, 2.05) is 6.07 Å². The van der Waals surface area contributed by atoms with Crippen LogP contribution in [0.2, 0.25) is 5.02 Å². The second-order valence-corrected chi connectivity index (χ2v) is 7.74. The maximum Gasteiger partial charge on any atom is 0.416 e. The Morgan fingerprint density at radius 2 is 1.76 bits per heavy atom. The number of alkyl halides is 3. The average molecular weight is 488 g/mol. The van der Waals surface area contributed by atoms with Gasteiger partial charge in [0, 0.05) is 17.1 Å². The Morgan fingerprint density at radius 3 is 2.32 bits per heavy atom. The largest absolute Gasteiger partial charge is 0.478 e. The molecule has 0 fully saturated rings. The highest BCUT2D eigenvalue weighted by molar-refractivity contribution is 6.32. The standard InChI is InChI=1S/C24H17ClF3N3O3/c1-13-9-16(14(2)31(13)21-11-18(24(26,27)28)5-8-20(21)25)10-17(12-29)22(32)30-19-6-3-15(4-7-19)23(33)34/h3-11H,1-2H3,(H,30,32)(H,33,34). The van der Waals surface area contributed by atoms with Crippen molar-refractivity contribution in [2.24, 2.45) is 0 Å². The van der Waals surface area contributed by atoms with Gasteiger partial charge in [-0.05, 0) is 74.0 Å². The number of carboxylic acids is 1. The predicted octanol–water partition coefficient (Wildman–Crippen LogP) is 6.01. The van der Waals surface area contributed by atoms with Gasteiger partial charge in [-0.1, -0.05) is 11.6 Å². The van der Waals surface area contributed by atoms with Gasteiger partial charge in [-0.15, -0.1) is 0 Å². The minimum absolute atomic E-state index is 0.0368. The van der Waals surface area contributed by atoms with Crippen LogP contribution in [0, 0.1) is 25.2 Å². The number of amides is 1. The van der Waals surface area contributed by atoms with Crippen LogP contribution in [0.3, 0.4) is 0 Å². The number of nitrogens with one attached hydrogen (secondary N) is 1. The van der Waals surface area contributed by atoms with E-state index < -0.39 is 23.6 Å². The van der Waals surface area contributed by atoms with Crippen LogP contribution in [-0.2, 0) is 11.0 Å². The van der Waals surface area contributed by atoms with Crippen LogP contribution in [-0.4, -0.2) is 21.6 Å². The first kappa shape index (κ1) is 24.6. The zero-order valence-electron chi connectivity index (χ0n) is 17.9.